The van der Waals surface area contributed by atoms with Gasteiger partial charge in [0, 0.05) is 18.0 Å². The number of imide groups is 1. The summed E-state index contributed by atoms with van der Waals surface area (Å²) in [7, 11) is -5.59. The van der Waals surface area contributed by atoms with Crippen LogP contribution in [0.25, 0.3) is 11.1 Å². The SMILES string of the molecule is CC1CC12C(=O)N(c1ccc(S(=O)(=O)C(F)(F)F)cc1)C(=O)N2c1ccncc1-c1ccc(F)cc1. The lowest BCUT2D eigenvalue weighted by Crippen LogP contribution is -2.39. The van der Waals surface area contributed by atoms with Crippen LogP contribution in [-0.2, 0) is 14.6 Å². The maximum absolute atomic E-state index is 13.6. The van der Waals surface area contributed by atoms with Crippen molar-refractivity contribution in [2.75, 3.05) is 9.80 Å². The Labute approximate surface area is 202 Å². The number of anilines is 2. The molecule has 2 unspecified atom stereocenters. The Morgan fingerprint density at radius 1 is 1.00 bits per heavy atom. The number of carbonyl (C=O) groups is 2. The second kappa shape index (κ2) is 7.85. The van der Waals surface area contributed by atoms with Gasteiger partial charge >= 0.3 is 11.5 Å². The Balaban J connectivity index is 1.57. The Hall–Kier alpha value is -3.80. The van der Waals surface area contributed by atoms with Gasteiger partial charge in [-0.2, -0.15) is 13.2 Å². The van der Waals surface area contributed by atoms with Crippen molar-refractivity contribution in [2.24, 2.45) is 5.92 Å². The number of hydrogen-bond acceptors (Lipinski definition) is 5. The van der Waals surface area contributed by atoms with Crippen LogP contribution in [0.4, 0.5) is 33.7 Å². The molecular weight excluding hydrogens is 502 g/mol. The van der Waals surface area contributed by atoms with Crippen molar-refractivity contribution < 1.29 is 35.6 Å². The molecule has 0 radical (unpaired) electrons. The third-order valence-electron chi connectivity index (χ3n) is 6.53. The molecule has 12 heteroatoms. The fourth-order valence-corrected chi connectivity index (χ4v) is 5.31. The Bertz CT molecular complexity index is 1490. The largest absolute Gasteiger partial charge is 0.501 e. The van der Waals surface area contributed by atoms with Gasteiger partial charge in [0.25, 0.3) is 15.7 Å². The average Bonchev–Trinajstić information content (AvgIpc) is 3.45. The lowest BCUT2D eigenvalue weighted by atomic mass is 10.0. The molecule has 2 fully saturated rings. The highest BCUT2D eigenvalue weighted by molar-refractivity contribution is 7.92. The zero-order chi connectivity index (χ0) is 26.0. The number of alkyl halides is 3. The summed E-state index contributed by atoms with van der Waals surface area (Å²) in [5, 5.41) is 0. The number of urea groups is 1. The van der Waals surface area contributed by atoms with Crippen LogP contribution in [0.3, 0.4) is 0 Å². The summed E-state index contributed by atoms with van der Waals surface area (Å²) in [5.41, 5.74) is -5.38. The van der Waals surface area contributed by atoms with Crippen molar-refractivity contribution in [2.45, 2.75) is 29.3 Å². The van der Waals surface area contributed by atoms with Gasteiger partial charge in [0.1, 0.15) is 11.4 Å². The number of sulfone groups is 1. The Morgan fingerprint density at radius 2 is 1.61 bits per heavy atom. The molecular formula is C24H17F4N3O4S. The summed E-state index contributed by atoms with van der Waals surface area (Å²) < 4.78 is 75.6. The van der Waals surface area contributed by atoms with E-state index in [2.05, 4.69) is 4.98 Å². The van der Waals surface area contributed by atoms with Crippen LogP contribution in [0.1, 0.15) is 13.3 Å². The van der Waals surface area contributed by atoms with Gasteiger partial charge in [0.2, 0.25) is 0 Å². The van der Waals surface area contributed by atoms with Crippen molar-refractivity contribution in [3.05, 3.63) is 72.8 Å². The molecule has 3 amide bonds. The molecule has 1 aliphatic heterocycles. The number of hydrogen-bond donors (Lipinski definition) is 0. The zero-order valence-corrected chi connectivity index (χ0v) is 19.3. The molecule has 2 atom stereocenters. The van der Waals surface area contributed by atoms with Gasteiger partial charge in [-0.05, 0) is 60.4 Å². The Morgan fingerprint density at radius 3 is 2.17 bits per heavy atom. The molecule has 5 rings (SSSR count). The van der Waals surface area contributed by atoms with Crippen LogP contribution < -0.4 is 9.80 Å². The van der Waals surface area contributed by atoms with E-state index in [1.54, 1.807) is 13.0 Å². The molecule has 1 saturated heterocycles. The van der Waals surface area contributed by atoms with Crippen molar-refractivity contribution in [3.63, 3.8) is 0 Å². The van der Waals surface area contributed by atoms with Crippen molar-refractivity contribution >= 4 is 33.2 Å². The van der Waals surface area contributed by atoms with E-state index in [9.17, 15) is 35.6 Å². The highest BCUT2D eigenvalue weighted by atomic mass is 32.2. The van der Waals surface area contributed by atoms with E-state index in [1.807, 2.05) is 0 Å². The van der Waals surface area contributed by atoms with Gasteiger partial charge < -0.3 is 0 Å². The van der Waals surface area contributed by atoms with Gasteiger partial charge in [-0.3, -0.25) is 14.7 Å². The number of amides is 3. The number of rotatable bonds is 4. The fourth-order valence-electron chi connectivity index (χ4n) is 4.55. The minimum atomic E-state index is -5.59. The van der Waals surface area contributed by atoms with E-state index in [-0.39, 0.29) is 11.6 Å². The van der Waals surface area contributed by atoms with Crippen LogP contribution in [0, 0.1) is 11.7 Å². The van der Waals surface area contributed by atoms with Crippen LogP contribution in [0.5, 0.6) is 0 Å². The third-order valence-corrected chi connectivity index (χ3v) is 8.03. The predicted octanol–water partition coefficient (Wildman–Crippen LogP) is 4.93. The average molecular weight is 519 g/mol. The zero-order valence-electron chi connectivity index (χ0n) is 18.5. The maximum Gasteiger partial charge on any atom is 0.501 e. The van der Waals surface area contributed by atoms with Crippen molar-refractivity contribution in [1.29, 1.82) is 0 Å². The predicted molar refractivity (Wildman–Crippen MR) is 121 cm³/mol. The molecule has 1 spiro atoms. The molecule has 186 valence electrons. The molecule has 1 saturated carbocycles. The van der Waals surface area contributed by atoms with Gasteiger partial charge in [0.15, 0.2) is 0 Å². The van der Waals surface area contributed by atoms with E-state index in [0.717, 1.165) is 17.0 Å². The fraction of sp³-hybridized carbons (Fsp3) is 0.208. The van der Waals surface area contributed by atoms with Gasteiger partial charge in [-0.1, -0.05) is 19.1 Å². The summed E-state index contributed by atoms with van der Waals surface area (Å²) in [6.07, 6.45) is 3.28. The first-order valence-electron chi connectivity index (χ1n) is 10.7. The number of benzene rings is 2. The van der Waals surface area contributed by atoms with Gasteiger partial charge in [-0.25, -0.2) is 22.5 Å². The third kappa shape index (κ3) is 3.39. The molecule has 1 aliphatic carbocycles. The van der Waals surface area contributed by atoms with E-state index >= 15 is 0 Å². The van der Waals surface area contributed by atoms with Gasteiger partial charge in [0.05, 0.1) is 16.3 Å². The molecule has 2 heterocycles. The first kappa shape index (κ1) is 23.9. The first-order chi connectivity index (χ1) is 16.9. The van der Waals surface area contributed by atoms with Crippen LogP contribution in [0.15, 0.2) is 71.9 Å². The number of halogens is 4. The first-order valence-corrected chi connectivity index (χ1v) is 12.2. The van der Waals surface area contributed by atoms with Crippen LogP contribution >= 0.6 is 0 Å². The normalized spacial score (nSPS) is 22.0. The van der Waals surface area contributed by atoms with Crippen molar-refractivity contribution in [1.82, 2.24) is 4.98 Å². The standard InChI is InChI=1S/C24H17F4N3O4S/c1-14-12-23(14)21(32)30(17-6-8-18(9-7-17)36(34,35)24(26,27)28)22(33)31(23)20-10-11-29-13-19(20)15-2-4-16(25)5-3-15/h2-11,13-14H,12H2,1H3. The van der Waals surface area contributed by atoms with Crippen LogP contribution in [-0.4, -0.2) is 36.4 Å². The quantitative estimate of drug-likeness (QED) is 0.360. The highest BCUT2D eigenvalue weighted by Crippen LogP contribution is 2.56. The minimum absolute atomic E-state index is 0.0653. The monoisotopic (exact) mass is 519 g/mol. The summed E-state index contributed by atoms with van der Waals surface area (Å²) in [5.74, 6) is -1.25. The molecule has 3 aromatic rings. The molecule has 0 N–H and O–H groups in total. The molecule has 1 aromatic heterocycles. The summed E-state index contributed by atoms with van der Waals surface area (Å²) in [6, 6.07) is 9.74. The number of nitrogens with zero attached hydrogens (tertiary/aromatic N) is 3. The molecule has 7 nitrogen and oxygen atoms in total. The van der Waals surface area contributed by atoms with E-state index in [0.29, 0.717) is 35.4 Å². The number of carbonyl (C=O) groups excluding carboxylic acids is 2. The molecule has 2 aromatic carbocycles. The van der Waals surface area contributed by atoms with Crippen LogP contribution in [0.2, 0.25) is 0 Å². The van der Waals surface area contributed by atoms with Gasteiger partial charge in [-0.15, -0.1) is 0 Å². The van der Waals surface area contributed by atoms with E-state index < -0.39 is 43.5 Å². The summed E-state index contributed by atoms with van der Waals surface area (Å²) in [6.45, 7) is 1.79. The van der Waals surface area contributed by atoms with E-state index in [4.69, 9.17) is 0 Å². The lowest BCUT2D eigenvalue weighted by Gasteiger charge is -2.25. The van der Waals surface area contributed by atoms with E-state index in [1.165, 1.54) is 41.6 Å². The maximum atomic E-state index is 13.6. The molecule has 2 aliphatic rings. The number of aromatic nitrogens is 1. The topological polar surface area (TPSA) is 87.7 Å². The highest BCUT2D eigenvalue weighted by Gasteiger charge is 2.70. The minimum Gasteiger partial charge on any atom is -0.277 e. The lowest BCUT2D eigenvalue weighted by molar-refractivity contribution is -0.119. The molecule has 0 bridgehead atoms. The second-order valence-corrected chi connectivity index (χ2v) is 10.6. The summed E-state index contributed by atoms with van der Waals surface area (Å²) in [4.78, 5) is 32.4. The van der Waals surface area contributed by atoms with Crippen molar-refractivity contribution in [3.8, 4) is 11.1 Å². The molecule has 36 heavy (non-hydrogen) atoms. The second-order valence-electron chi connectivity index (χ2n) is 8.63. The summed E-state index contributed by atoms with van der Waals surface area (Å²) >= 11 is 0. The smallest absolute Gasteiger partial charge is 0.277 e. The Kier molecular flexibility index (Phi) is 5.22. The number of pyridine rings is 1.